The van der Waals surface area contributed by atoms with E-state index in [-0.39, 0.29) is 11.8 Å². The van der Waals surface area contributed by atoms with Gasteiger partial charge in [0.1, 0.15) is 17.2 Å². The van der Waals surface area contributed by atoms with Crippen LogP contribution in [0.15, 0.2) is 42.5 Å². The number of carbonyl (C=O) groups excluding carboxylic acids is 1. The largest absolute Gasteiger partial charge is 0.493 e. The fourth-order valence-electron chi connectivity index (χ4n) is 4.57. The molecule has 2 atom stereocenters. The molecule has 1 fully saturated rings. The topological polar surface area (TPSA) is 94.5 Å². The Bertz CT molecular complexity index is 1000. The first-order valence-electron chi connectivity index (χ1n) is 13.1. The van der Waals surface area contributed by atoms with Crippen LogP contribution in [0.3, 0.4) is 0 Å². The standard InChI is InChI=1S/C29H39NO7/c1-4-9-22(19-35-25-11-8-12-26(24(25)10-5-2)36-20-27(31)32)29(34-3)37-23-15-13-21(14-16-23)28(33)30-17-6-7-18-30/h8,11-16,22,29H,4-7,9-10,17-20H2,1-3H3,(H,31,32). The summed E-state index contributed by atoms with van der Waals surface area (Å²) in [7, 11) is 1.61. The predicted octanol–water partition coefficient (Wildman–Crippen LogP) is 5.19. The lowest BCUT2D eigenvalue weighted by molar-refractivity contribution is -0.139. The molecule has 1 saturated heterocycles. The summed E-state index contributed by atoms with van der Waals surface area (Å²) in [5.41, 5.74) is 1.51. The Hall–Kier alpha value is -3.26. The molecule has 2 aromatic carbocycles. The average molecular weight is 514 g/mol. The summed E-state index contributed by atoms with van der Waals surface area (Å²) >= 11 is 0. The molecule has 0 aromatic heterocycles. The van der Waals surface area contributed by atoms with Crippen molar-refractivity contribution in [2.75, 3.05) is 33.4 Å². The highest BCUT2D eigenvalue weighted by Crippen LogP contribution is 2.31. The van der Waals surface area contributed by atoms with Gasteiger partial charge in [0, 0.05) is 31.3 Å². The molecule has 2 aromatic rings. The zero-order chi connectivity index (χ0) is 26.6. The number of ether oxygens (including phenoxy) is 4. The van der Waals surface area contributed by atoms with Gasteiger partial charge in [-0.25, -0.2) is 4.79 Å². The number of amides is 1. The highest BCUT2D eigenvalue weighted by molar-refractivity contribution is 5.94. The van der Waals surface area contributed by atoms with Gasteiger partial charge in [-0.15, -0.1) is 0 Å². The monoisotopic (exact) mass is 513 g/mol. The van der Waals surface area contributed by atoms with Crippen LogP contribution in [0.4, 0.5) is 0 Å². The number of likely N-dealkylation sites (tertiary alicyclic amines) is 1. The lowest BCUT2D eigenvalue weighted by Crippen LogP contribution is -2.33. The molecular weight excluding hydrogens is 474 g/mol. The Morgan fingerprint density at radius 1 is 0.973 bits per heavy atom. The second kappa shape index (κ2) is 14.5. The maximum atomic E-state index is 12.6. The van der Waals surface area contributed by atoms with Gasteiger partial charge >= 0.3 is 5.97 Å². The van der Waals surface area contributed by atoms with Crippen LogP contribution in [-0.2, 0) is 16.0 Å². The highest BCUT2D eigenvalue weighted by Gasteiger charge is 2.25. The number of benzene rings is 2. The zero-order valence-electron chi connectivity index (χ0n) is 22.1. The van der Waals surface area contributed by atoms with E-state index in [9.17, 15) is 9.59 Å². The van der Waals surface area contributed by atoms with Gasteiger partial charge < -0.3 is 29.0 Å². The van der Waals surface area contributed by atoms with Crippen LogP contribution >= 0.6 is 0 Å². The summed E-state index contributed by atoms with van der Waals surface area (Å²) < 4.78 is 23.6. The number of carboxylic acid groups (broad SMARTS) is 1. The number of carboxylic acids is 1. The van der Waals surface area contributed by atoms with E-state index in [0.717, 1.165) is 50.8 Å². The van der Waals surface area contributed by atoms with Crippen molar-refractivity contribution in [1.82, 2.24) is 4.90 Å². The van der Waals surface area contributed by atoms with Crippen molar-refractivity contribution in [2.24, 2.45) is 5.92 Å². The van der Waals surface area contributed by atoms with Gasteiger partial charge in [-0.1, -0.05) is 32.8 Å². The third-order valence-corrected chi connectivity index (χ3v) is 6.42. The van der Waals surface area contributed by atoms with Crippen LogP contribution in [0.25, 0.3) is 0 Å². The number of hydrogen-bond acceptors (Lipinski definition) is 6. The normalized spacial score (nSPS) is 14.7. The molecule has 0 aliphatic carbocycles. The summed E-state index contributed by atoms with van der Waals surface area (Å²) in [5, 5.41) is 9.00. The second-order valence-corrected chi connectivity index (χ2v) is 9.27. The number of methoxy groups -OCH3 is 1. The molecule has 202 valence electrons. The number of hydrogen-bond donors (Lipinski definition) is 1. The molecule has 0 bridgehead atoms. The fraction of sp³-hybridized carbons (Fsp3) is 0.517. The van der Waals surface area contributed by atoms with E-state index in [1.165, 1.54) is 0 Å². The zero-order valence-corrected chi connectivity index (χ0v) is 22.1. The Morgan fingerprint density at radius 2 is 1.65 bits per heavy atom. The predicted molar refractivity (Wildman–Crippen MR) is 140 cm³/mol. The van der Waals surface area contributed by atoms with Crippen LogP contribution < -0.4 is 14.2 Å². The van der Waals surface area contributed by atoms with Crippen LogP contribution in [0.5, 0.6) is 17.2 Å². The first-order chi connectivity index (χ1) is 18.0. The van der Waals surface area contributed by atoms with E-state index in [2.05, 4.69) is 13.8 Å². The number of rotatable bonds is 15. The third kappa shape index (κ3) is 8.12. The van der Waals surface area contributed by atoms with Crippen molar-refractivity contribution in [2.45, 2.75) is 58.7 Å². The maximum Gasteiger partial charge on any atom is 0.341 e. The molecule has 1 heterocycles. The van der Waals surface area contributed by atoms with Crippen molar-refractivity contribution < 1.29 is 33.6 Å². The summed E-state index contributed by atoms with van der Waals surface area (Å²) in [5.74, 6) is 0.801. The van der Waals surface area contributed by atoms with Crippen molar-refractivity contribution in [1.29, 1.82) is 0 Å². The summed E-state index contributed by atoms with van der Waals surface area (Å²) in [4.78, 5) is 25.5. The van der Waals surface area contributed by atoms with Crippen LogP contribution in [0, 0.1) is 5.92 Å². The van der Waals surface area contributed by atoms with E-state index in [1.807, 2.05) is 23.1 Å². The van der Waals surface area contributed by atoms with Gasteiger partial charge in [-0.05, 0) is 62.1 Å². The summed E-state index contributed by atoms with van der Waals surface area (Å²) in [6.45, 7) is 5.74. The van der Waals surface area contributed by atoms with Crippen LogP contribution in [0.1, 0.15) is 61.9 Å². The third-order valence-electron chi connectivity index (χ3n) is 6.42. The lowest BCUT2D eigenvalue weighted by Gasteiger charge is -2.27. The van der Waals surface area contributed by atoms with Gasteiger partial charge in [0.25, 0.3) is 5.91 Å². The number of nitrogens with zero attached hydrogens (tertiary/aromatic N) is 1. The van der Waals surface area contributed by atoms with Gasteiger partial charge in [-0.2, -0.15) is 0 Å². The van der Waals surface area contributed by atoms with E-state index in [4.69, 9.17) is 24.1 Å². The van der Waals surface area contributed by atoms with Gasteiger partial charge in [0.15, 0.2) is 6.61 Å². The summed E-state index contributed by atoms with van der Waals surface area (Å²) in [6.07, 6.45) is 4.89. The molecule has 8 heteroatoms. The van der Waals surface area contributed by atoms with Crippen LogP contribution in [0.2, 0.25) is 0 Å². The molecule has 1 amide bonds. The average Bonchev–Trinajstić information content (AvgIpc) is 3.45. The van der Waals surface area contributed by atoms with E-state index < -0.39 is 18.9 Å². The molecule has 0 saturated carbocycles. The van der Waals surface area contributed by atoms with Crippen molar-refractivity contribution in [3.63, 3.8) is 0 Å². The molecule has 37 heavy (non-hydrogen) atoms. The molecule has 1 N–H and O–H groups in total. The number of aliphatic carboxylic acids is 1. The van der Waals surface area contributed by atoms with Gasteiger partial charge in [0.2, 0.25) is 6.29 Å². The molecular formula is C29H39NO7. The van der Waals surface area contributed by atoms with Gasteiger partial charge in [-0.3, -0.25) is 4.79 Å². The first kappa shape index (κ1) is 28.3. The van der Waals surface area contributed by atoms with Crippen molar-refractivity contribution in [3.8, 4) is 17.2 Å². The molecule has 1 aliphatic heterocycles. The van der Waals surface area contributed by atoms with E-state index in [1.54, 1.807) is 31.4 Å². The lowest BCUT2D eigenvalue weighted by atomic mass is 10.0. The van der Waals surface area contributed by atoms with E-state index >= 15 is 0 Å². The minimum atomic E-state index is -1.02. The quantitative estimate of drug-likeness (QED) is 0.328. The Labute approximate surface area is 219 Å². The van der Waals surface area contributed by atoms with E-state index in [0.29, 0.717) is 35.8 Å². The maximum absolute atomic E-state index is 12.6. The molecule has 1 aliphatic rings. The molecule has 0 spiro atoms. The highest BCUT2D eigenvalue weighted by atomic mass is 16.7. The Kier molecular flexibility index (Phi) is 11.1. The molecule has 2 unspecified atom stereocenters. The summed E-state index contributed by atoms with van der Waals surface area (Å²) in [6, 6.07) is 12.7. The Balaban J connectivity index is 1.68. The van der Waals surface area contributed by atoms with Gasteiger partial charge in [0.05, 0.1) is 12.5 Å². The first-order valence-corrected chi connectivity index (χ1v) is 13.1. The Morgan fingerprint density at radius 3 is 2.24 bits per heavy atom. The molecule has 3 rings (SSSR count). The van der Waals surface area contributed by atoms with Crippen molar-refractivity contribution in [3.05, 3.63) is 53.6 Å². The fourth-order valence-corrected chi connectivity index (χ4v) is 4.57. The van der Waals surface area contributed by atoms with Crippen LogP contribution in [-0.4, -0.2) is 61.6 Å². The number of carbonyl (C=O) groups is 2. The second-order valence-electron chi connectivity index (χ2n) is 9.27. The van der Waals surface area contributed by atoms with Crippen molar-refractivity contribution >= 4 is 11.9 Å². The molecule has 0 radical (unpaired) electrons. The minimum Gasteiger partial charge on any atom is -0.493 e. The smallest absolute Gasteiger partial charge is 0.341 e. The SMILES string of the molecule is CCCc1c(OCC(=O)O)cccc1OCC(CCC)C(OC)Oc1ccc(C(=O)N2CCCC2)cc1. The minimum absolute atomic E-state index is 0.0565. The molecule has 8 nitrogen and oxygen atoms in total.